The highest BCUT2D eigenvalue weighted by Crippen LogP contribution is 2.16. The molecule has 1 aliphatic rings. The Morgan fingerprint density at radius 1 is 1.58 bits per heavy atom. The summed E-state index contributed by atoms with van der Waals surface area (Å²) in [5, 5.41) is 5.68. The standard InChI is InChI=1S/C10H14N2/c1-4-5-10-7-6-9(2)8-12(10)11-3/h5-8H,3-4H2,1-2H3/b10-5-. The minimum atomic E-state index is 1.01. The summed E-state index contributed by atoms with van der Waals surface area (Å²) in [5.41, 5.74) is 2.29. The maximum absolute atomic E-state index is 3.89. The van der Waals surface area contributed by atoms with Gasteiger partial charge >= 0.3 is 0 Å². The normalized spacial score (nSPS) is 19.7. The Morgan fingerprint density at radius 2 is 2.33 bits per heavy atom. The number of allylic oxidation sites excluding steroid dienone is 4. The second kappa shape index (κ2) is 3.90. The van der Waals surface area contributed by atoms with Crippen LogP contribution in [0.4, 0.5) is 0 Å². The number of hydrogen-bond donors (Lipinski definition) is 0. The molecule has 1 heterocycles. The minimum absolute atomic E-state index is 1.01. The number of hydrogen-bond acceptors (Lipinski definition) is 2. The predicted molar refractivity (Wildman–Crippen MR) is 52.7 cm³/mol. The van der Waals surface area contributed by atoms with E-state index in [1.165, 1.54) is 5.57 Å². The lowest BCUT2D eigenvalue weighted by atomic mass is 10.2. The van der Waals surface area contributed by atoms with Gasteiger partial charge in [0.05, 0.1) is 5.70 Å². The van der Waals surface area contributed by atoms with Crippen LogP contribution in [0.1, 0.15) is 20.3 Å². The molecule has 0 fully saturated rings. The van der Waals surface area contributed by atoms with Crippen molar-refractivity contribution in [3.63, 3.8) is 0 Å². The van der Waals surface area contributed by atoms with Crippen LogP contribution in [0.5, 0.6) is 0 Å². The zero-order chi connectivity index (χ0) is 8.97. The van der Waals surface area contributed by atoms with Gasteiger partial charge in [0.25, 0.3) is 0 Å². The first-order valence-electron chi connectivity index (χ1n) is 4.10. The monoisotopic (exact) mass is 162 g/mol. The van der Waals surface area contributed by atoms with Gasteiger partial charge in [0, 0.05) is 12.9 Å². The van der Waals surface area contributed by atoms with Crippen molar-refractivity contribution in [2.45, 2.75) is 20.3 Å². The molecular weight excluding hydrogens is 148 g/mol. The maximum Gasteiger partial charge on any atom is 0.0605 e. The fourth-order valence-corrected chi connectivity index (χ4v) is 1.10. The smallest absolute Gasteiger partial charge is 0.0605 e. The van der Waals surface area contributed by atoms with Crippen LogP contribution < -0.4 is 0 Å². The summed E-state index contributed by atoms with van der Waals surface area (Å²) in [5.74, 6) is 0. The van der Waals surface area contributed by atoms with E-state index in [2.05, 4.69) is 30.9 Å². The Labute approximate surface area is 73.6 Å². The zero-order valence-corrected chi connectivity index (χ0v) is 7.62. The molecule has 0 aromatic rings. The highest BCUT2D eigenvalue weighted by molar-refractivity contribution is 5.34. The second-order valence-electron chi connectivity index (χ2n) is 2.73. The molecule has 12 heavy (non-hydrogen) atoms. The van der Waals surface area contributed by atoms with Crippen LogP contribution in [-0.2, 0) is 0 Å². The lowest BCUT2D eigenvalue weighted by Gasteiger charge is -2.18. The molecule has 0 aromatic carbocycles. The van der Waals surface area contributed by atoms with Crippen LogP contribution in [0.15, 0.2) is 40.8 Å². The van der Waals surface area contributed by atoms with E-state index >= 15 is 0 Å². The molecule has 0 N–H and O–H groups in total. The molecule has 0 aliphatic carbocycles. The number of nitrogens with zero attached hydrogens (tertiary/aromatic N) is 2. The molecule has 0 amide bonds. The number of rotatable bonds is 2. The van der Waals surface area contributed by atoms with E-state index in [1.807, 2.05) is 19.2 Å². The Kier molecular flexibility index (Phi) is 2.86. The minimum Gasteiger partial charge on any atom is -0.242 e. The van der Waals surface area contributed by atoms with E-state index in [0.717, 1.165) is 12.1 Å². The van der Waals surface area contributed by atoms with Crippen molar-refractivity contribution >= 4 is 6.72 Å². The Balaban J connectivity index is 2.87. The average molecular weight is 162 g/mol. The third-order valence-electron chi connectivity index (χ3n) is 1.67. The average Bonchev–Trinajstić information content (AvgIpc) is 2.08. The summed E-state index contributed by atoms with van der Waals surface area (Å²) in [6.07, 6.45) is 9.22. The zero-order valence-electron chi connectivity index (χ0n) is 7.62. The summed E-state index contributed by atoms with van der Waals surface area (Å²) >= 11 is 0. The van der Waals surface area contributed by atoms with Gasteiger partial charge in [0.15, 0.2) is 0 Å². The molecule has 0 bridgehead atoms. The topological polar surface area (TPSA) is 15.6 Å². The first kappa shape index (κ1) is 8.78. The summed E-state index contributed by atoms with van der Waals surface area (Å²) in [6.45, 7) is 7.65. The molecule has 0 saturated carbocycles. The van der Waals surface area contributed by atoms with E-state index in [4.69, 9.17) is 0 Å². The fraction of sp³-hybridized carbons (Fsp3) is 0.300. The van der Waals surface area contributed by atoms with Gasteiger partial charge in [0.2, 0.25) is 0 Å². The van der Waals surface area contributed by atoms with Crippen molar-refractivity contribution in [3.05, 3.63) is 35.7 Å². The van der Waals surface area contributed by atoms with E-state index in [1.54, 1.807) is 5.01 Å². The first-order valence-corrected chi connectivity index (χ1v) is 4.10. The van der Waals surface area contributed by atoms with Crippen LogP contribution in [0, 0.1) is 0 Å². The van der Waals surface area contributed by atoms with Crippen LogP contribution in [0.3, 0.4) is 0 Å². The molecular formula is C10H14N2. The molecule has 2 nitrogen and oxygen atoms in total. The van der Waals surface area contributed by atoms with E-state index in [-0.39, 0.29) is 0 Å². The van der Waals surface area contributed by atoms with Crippen molar-refractivity contribution in [2.75, 3.05) is 0 Å². The lowest BCUT2D eigenvalue weighted by molar-refractivity contribution is 0.508. The Morgan fingerprint density at radius 3 is 2.92 bits per heavy atom. The van der Waals surface area contributed by atoms with Crippen molar-refractivity contribution in [2.24, 2.45) is 5.10 Å². The third-order valence-corrected chi connectivity index (χ3v) is 1.67. The molecule has 0 atom stereocenters. The molecule has 2 heteroatoms. The summed E-state index contributed by atoms with van der Waals surface area (Å²) in [6, 6.07) is 0. The van der Waals surface area contributed by atoms with Gasteiger partial charge in [0.1, 0.15) is 0 Å². The van der Waals surface area contributed by atoms with Crippen molar-refractivity contribution in [1.82, 2.24) is 5.01 Å². The van der Waals surface area contributed by atoms with E-state index in [9.17, 15) is 0 Å². The molecule has 64 valence electrons. The van der Waals surface area contributed by atoms with E-state index in [0.29, 0.717) is 0 Å². The van der Waals surface area contributed by atoms with Crippen LogP contribution in [0.25, 0.3) is 0 Å². The molecule has 0 saturated heterocycles. The van der Waals surface area contributed by atoms with Crippen LogP contribution in [0.2, 0.25) is 0 Å². The largest absolute Gasteiger partial charge is 0.242 e. The SMILES string of the molecule is C=NN1C=C(C)C=C/C1=C/CC. The maximum atomic E-state index is 3.89. The Bertz CT molecular complexity index is 259. The molecule has 0 aromatic heterocycles. The van der Waals surface area contributed by atoms with Gasteiger partial charge in [-0.25, -0.2) is 5.01 Å². The summed E-state index contributed by atoms with van der Waals surface area (Å²) < 4.78 is 0. The molecule has 1 aliphatic heterocycles. The molecule has 0 unspecified atom stereocenters. The molecule has 0 radical (unpaired) electrons. The van der Waals surface area contributed by atoms with Gasteiger partial charge in [-0.1, -0.05) is 19.1 Å². The third kappa shape index (κ3) is 1.84. The highest BCUT2D eigenvalue weighted by Gasteiger charge is 2.04. The van der Waals surface area contributed by atoms with Gasteiger partial charge in [-0.3, -0.25) is 0 Å². The molecule has 1 rings (SSSR count). The summed E-state index contributed by atoms with van der Waals surface area (Å²) in [7, 11) is 0. The van der Waals surface area contributed by atoms with Gasteiger partial charge < -0.3 is 0 Å². The first-order chi connectivity index (χ1) is 5.77. The predicted octanol–water partition coefficient (Wildman–Crippen LogP) is 2.67. The van der Waals surface area contributed by atoms with Gasteiger partial charge in [-0.2, -0.15) is 5.10 Å². The van der Waals surface area contributed by atoms with Gasteiger partial charge in [-0.15, -0.1) is 0 Å². The Hall–Kier alpha value is -1.31. The van der Waals surface area contributed by atoms with Crippen LogP contribution in [-0.4, -0.2) is 11.7 Å². The van der Waals surface area contributed by atoms with Crippen molar-refractivity contribution < 1.29 is 0 Å². The number of hydrazone groups is 1. The van der Waals surface area contributed by atoms with Crippen molar-refractivity contribution in [3.8, 4) is 0 Å². The summed E-state index contributed by atoms with van der Waals surface area (Å²) in [4.78, 5) is 0. The lowest BCUT2D eigenvalue weighted by Crippen LogP contribution is -2.10. The van der Waals surface area contributed by atoms with Gasteiger partial charge in [-0.05, 0) is 25.0 Å². The fourth-order valence-electron chi connectivity index (χ4n) is 1.10. The van der Waals surface area contributed by atoms with E-state index < -0.39 is 0 Å². The highest BCUT2D eigenvalue weighted by atomic mass is 15.4. The van der Waals surface area contributed by atoms with Crippen LogP contribution >= 0.6 is 0 Å². The second-order valence-corrected chi connectivity index (χ2v) is 2.73. The quantitative estimate of drug-likeness (QED) is 0.570. The molecule has 0 spiro atoms. The van der Waals surface area contributed by atoms with Crippen molar-refractivity contribution in [1.29, 1.82) is 0 Å².